The lowest BCUT2D eigenvalue weighted by Crippen LogP contribution is -2.13. The van der Waals surface area contributed by atoms with Crippen LogP contribution in [0.5, 0.6) is 5.75 Å². The fourth-order valence-corrected chi connectivity index (χ4v) is 3.19. The number of halogens is 2. The maximum absolute atomic E-state index is 13.6. The van der Waals surface area contributed by atoms with Gasteiger partial charge in [-0.1, -0.05) is 35.9 Å². The molecule has 1 aromatic heterocycles. The third kappa shape index (κ3) is 4.22. The van der Waals surface area contributed by atoms with Crippen molar-refractivity contribution in [1.82, 2.24) is 10.2 Å². The SMILES string of the molecule is COc1ccc(NC(c2nnc(-c3ccccc3)o2)c2ccc(F)cc2Cl)cc1. The predicted molar refractivity (Wildman–Crippen MR) is 110 cm³/mol. The van der Waals surface area contributed by atoms with Gasteiger partial charge in [0.1, 0.15) is 17.6 Å². The first-order valence-corrected chi connectivity index (χ1v) is 9.26. The maximum Gasteiger partial charge on any atom is 0.247 e. The van der Waals surface area contributed by atoms with Crippen LogP contribution in [0.2, 0.25) is 5.02 Å². The van der Waals surface area contributed by atoms with E-state index in [-0.39, 0.29) is 5.02 Å². The lowest BCUT2D eigenvalue weighted by atomic mass is 10.1. The molecule has 0 fully saturated rings. The standard InChI is InChI=1S/C22H17ClFN3O2/c1-28-17-10-8-16(9-11-17)25-20(18-12-7-15(24)13-19(18)23)22-27-26-21(29-22)14-5-3-2-4-6-14/h2-13,20,25H,1H3. The van der Waals surface area contributed by atoms with Gasteiger partial charge in [-0.15, -0.1) is 10.2 Å². The molecule has 3 aromatic carbocycles. The molecule has 5 nitrogen and oxygen atoms in total. The van der Waals surface area contributed by atoms with E-state index in [1.165, 1.54) is 12.1 Å². The van der Waals surface area contributed by atoms with Crippen LogP contribution < -0.4 is 10.1 Å². The van der Waals surface area contributed by atoms with Gasteiger partial charge in [0.2, 0.25) is 11.8 Å². The number of anilines is 1. The molecule has 1 atom stereocenters. The molecule has 0 aliphatic carbocycles. The van der Waals surface area contributed by atoms with E-state index >= 15 is 0 Å². The van der Waals surface area contributed by atoms with Gasteiger partial charge >= 0.3 is 0 Å². The first kappa shape index (κ1) is 19.0. The number of rotatable bonds is 6. The summed E-state index contributed by atoms with van der Waals surface area (Å²) >= 11 is 6.32. The molecule has 0 radical (unpaired) electrons. The molecule has 4 rings (SSSR count). The van der Waals surface area contributed by atoms with E-state index in [4.69, 9.17) is 20.8 Å². The minimum atomic E-state index is -0.568. The zero-order valence-electron chi connectivity index (χ0n) is 15.5. The minimum absolute atomic E-state index is 0.260. The molecule has 1 unspecified atom stereocenters. The number of ether oxygens (including phenoxy) is 1. The highest BCUT2D eigenvalue weighted by molar-refractivity contribution is 6.31. The van der Waals surface area contributed by atoms with Crippen LogP contribution in [0.3, 0.4) is 0 Å². The molecule has 0 amide bonds. The summed E-state index contributed by atoms with van der Waals surface area (Å²) < 4.78 is 24.7. The highest BCUT2D eigenvalue weighted by Crippen LogP contribution is 2.33. The highest BCUT2D eigenvalue weighted by Gasteiger charge is 2.24. The van der Waals surface area contributed by atoms with Crippen LogP contribution in [0.1, 0.15) is 17.5 Å². The highest BCUT2D eigenvalue weighted by atomic mass is 35.5. The van der Waals surface area contributed by atoms with E-state index < -0.39 is 11.9 Å². The summed E-state index contributed by atoms with van der Waals surface area (Å²) in [5.74, 6) is 1.02. The Morgan fingerprint density at radius 2 is 1.76 bits per heavy atom. The first-order chi connectivity index (χ1) is 14.1. The Morgan fingerprint density at radius 1 is 1.00 bits per heavy atom. The fourth-order valence-electron chi connectivity index (χ4n) is 2.91. The molecule has 1 heterocycles. The number of benzene rings is 3. The second-order valence-electron chi connectivity index (χ2n) is 6.28. The number of methoxy groups -OCH3 is 1. The summed E-state index contributed by atoms with van der Waals surface area (Å²) in [6, 6.07) is 20.5. The third-order valence-electron chi connectivity index (χ3n) is 4.38. The molecular formula is C22H17ClFN3O2. The van der Waals surface area contributed by atoms with Gasteiger partial charge in [-0.2, -0.15) is 0 Å². The zero-order valence-corrected chi connectivity index (χ0v) is 16.2. The summed E-state index contributed by atoms with van der Waals surface area (Å²) in [4.78, 5) is 0. The molecule has 1 N–H and O–H groups in total. The molecule has 0 saturated carbocycles. The Balaban J connectivity index is 1.72. The van der Waals surface area contributed by atoms with E-state index in [1.807, 2.05) is 54.6 Å². The van der Waals surface area contributed by atoms with Gasteiger partial charge in [0.25, 0.3) is 0 Å². The van der Waals surface area contributed by atoms with Crippen LogP contribution in [0.15, 0.2) is 77.2 Å². The van der Waals surface area contributed by atoms with Gasteiger partial charge < -0.3 is 14.5 Å². The van der Waals surface area contributed by atoms with Gasteiger partial charge in [0, 0.05) is 21.8 Å². The Labute approximate surface area is 172 Å². The molecule has 7 heteroatoms. The zero-order chi connectivity index (χ0) is 20.2. The largest absolute Gasteiger partial charge is 0.497 e. The Morgan fingerprint density at radius 3 is 2.45 bits per heavy atom. The monoisotopic (exact) mass is 409 g/mol. The number of nitrogens with zero attached hydrogens (tertiary/aromatic N) is 2. The van der Waals surface area contributed by atoms with Crippen molar-refractivity contribution in [2.45, 2.75) is 6.04 Å². The van der Waals surface area contributed by atoms with Crippen LogP contribution >= 0.6 is 11.6 Å². The molecule has 4 aromatic rings. The average molecular weight is 410 g/mol. The molecule has 0 aliphatic rings. The van der Waals surface area contributed by atoms with Gasteiger partial charge in [-0.25, -0.2) is 4.39 Å². The lowest BCUT2D eigenvalue weighted by Gasteiger charge is -2.18. The van der Waals surface area contributed by atoms with E-state index in [1.54, 1.807) is 13.2 Å². The van der Waals surface area contributed by atoms with Crippen molar-refractivity contribution >= 4 is 17.3 Å². The van der Waals surface area contributed by atoms with E-state index in [0.29, 0.717) is 17.3 Å². The normalized spacial score (nSPS) is 11.8. The average Bonchev–Trinajstić information content (AvgIpc) is 3.24. The third-order valence-corrected chi connectivity index (χ3v) is 4.71. The van der Waals surface area contributed by atoms with Crippen molar-refractivity contribution in [2.75, 3.05) is 12.4 Å². The molecule has 0 spiro atoms. The summed E-state index contributed by atoms with van der Waals surface area (Å²) in [5.41, 5.74) is 2.21. The summed E-state index contributed by atoms with van der Waals surface area (Å²) in [6.07, 6.45) is 0. The van der Waals surface area contributed by atoms with Crippen LogP contribution in [0.25, 0.3) is 11.5 Å². The molecule has 0 saturated heterocycles. The van der Waals surface area contributed by atoms with Gasteiger partial charge in [-0.3, -0.25) is 0 Å². The quantitative estimate of drug-likeness (QED) is 0.440. The smallest absolute Gasteiger partial charge is 0.247 e. The van der Waals surface area contributed by atoms with E-state index in [9.17, 15) is 4.39 Å². The van der Waals surface area contributed by atoms with Crippen LogP contribution in [0, 0.1) is 5.82 Å². The van der Waals surface area contributed by atoms with Crippen molar-refractivity contribution in [3.05, 3.63) is 95.1 Å². The molecule has 29 heavy (non-hydrogen) atoms. The molecule has 0 bridgehead atoms. The Bertz CT molecular complexity index is 1100. The number of aromatic nitrogens is 2. The number of hydrogen-bond acceptors (Lipinski definition) is 5. The number of nitrogens with one attached hydrogen (secondary N) is 1. The van der Waals surface area contributed by atoms with Crippen molar-refractivity contribution in [1.29, 1.82) is 0 Å². The second kappa shape index (κ2) is 8.32. The minimum Gasteiger partial charge on any atom is -0.497 e. The Hall–Kier alpha value is -3.38. The van der Waals surface area contributed by atoms with Crippen molar-refractivity contribution in [3.63, 3.8) is 0 Å². The van der Waals surface area contributed by atoms with Gasteiger partial charge in [0.05, 0.1) is 7.11 Å². The van der Waals surface area contributed by atoms with Gasteiger partial charge in [0.15, 0.2) is 0 Å². The number of hydrogen-bond donors (Lipinski definition) is 1. The first-order valence-electron chi connectivity index (χ1n) is 8.88. The lowest BCUT2D eigenvalue weighted by molar-refractivity contribution is 0.415. The molecule has 146 valence electrons. The fraction of sp³-hybridized carbons (Fsp3) is 0.0909. The molecular weight excluding hydrogens is 393 g/mol. The predicted octanol–water partition coefficient (Wildman–Crippen LogP) is 5.74. The van der Waals surface area contributed by atoms with Crippen LogP contribution in [-0.2, 0) is 0 Å². The van der Waals surface area contributed by atoms with Crippen LogP contribution in [0.4, 0.5) is 10.1 Å². The van der Waals surface area contributed by atoms with Crippen molar-refractivity contribution in [2.24, 2.45) is 0 Å². The Kier molecular flexibility index (Phi) is 5.44. The summed E-state index contributed by atoms with van der Waals surface area (Å²) in [5, 5.41) is 12.0. The summed E-state index contributed by atoms with van der Waals surface area (Å²) in [6.45, 7) is 0. The maximum atomic E-state index is 13.6. The topological polar surface area (TPSA) is 60.2 Å². The molecule has 0 aliphatic heterocycles. The van der Waals surface area contributed by atoms with Gasteiger partial charge in [-0.05, 0) is 48.5 Å². The second-order valence-corrected chi connectivity index (χ2v) is 6.69. The van der Waals surface area contributed by atoms with Crippen molar-refractivity contribution in [3.8, 4) is 17.2 Å². The summed E-state index contributed by atoms with van der Waals surface area (Å²) in [7, 11) is 1.60. The van der Waals surface area contributed by atoms with E-state index in [2.05, 4.69) is 15.5 Å². The van der Waals surface area contributed by atoms with E-state index in [0.717, 1.165) is 17.0 Å². The van der Waals surface area contributed by atoms with Crippen LogP contribution in [-0.4, -0.2) is 17.3 Å². The van der Waals surface area contributed by atoms with Crippen molar-refractivity contribution < 1.29 is 13.5 Å².